The lowest BCUT2D eigenvalue weighted by molar-refractivity contribution is 0.0715. The Morgan fingerprint density at radius 1 is 1.16 bits per heavy atom. The molecule has 0 radical (unpaired) electrons. The summed E-state index contributed by atoms with van der Waals surface area (Å²) in [6.07, 6.45) is 7.66. The molecule has 0 unspecified atom stereocenters. The van der Waals surface area contributed by atoms with Gasteiger partial charge in [-0.15, -0.1) is 11.3 Å². The minimum Gasteiger partial charge on any atom is -0.351 e. The molecule has 2 aromatic heterocycles. The van der Waals surface area contributed by atoms with Crippen LogP contribution in [0.15, 0.2) is 30.5 Å². The van der Waals surface area contributed by atoms with Gasteiger partial charge in [0, 0.05) is 29.0 Å². The normalized spacial score (nSPS) is 17.5. The second-order valence-corrected chi connectivity index (χ2v) is 13.2. The Balaban J connectivity index is 1.44. The van der Waals surface area contributed by atoms with Crippen LogP contribution >= 0.6 is 23.3 Å². The van der Waals surface area contributed by atoms with Gasteiger partial charge < -0.3 is 15.4 Å². The molecule has 198 valence electrons. The molecule has 0 atom stereocenters. The molecule has 6 nitrogen and oxygen atoms in total. The van der Waals surface area contributed by atoms with E-state index in [1.165, 1.54) is 37.6 Å². The Morgan fingerprint density at radius 2 is 1.95 bits per heavy atom. The monoisotopic (exact) mass is 540 g/mol. The Kier molecular flexibility index (Phi) is 7.75. The topological polar surface area (TPSA) is 74.8 Å². The fourth-order valence-electron chi connectivity index (χ4n) is 5.21. The van der Waals surface area contributed by atoms with Crippen LogP contribution in [-0.4, -0.2) is 39.8 Å². The van der Waals surface area contributed by atoms with Crippen LogP contribution in [0.25, 0.3) is 21.8 Å². The standard InChI is InChI=1S/C28H37FN6S2/c1-5-15-36-35-20-8-6-7-19(22(20)29)23-24(37-25(34-23)27(2,3)4)21-9-12-31-26(33-21)32-18-16-28(17-18)10-13-30-14-11-28/h6-9,12,18,30,35H,5,10-11,13-17H2,1-4H3,(H,31,32,33). The van der Waals surface area contributed by atoms with Gasteiger partial charge in [-0.2, -0.15) is 0 Å². The van der Waals surface area contributed by atoms with Crippen LogP contribution in [0.4, 0.5) is 16.0 Å². The van der Waals surface area contributed by atoms with E-state index in [9.17, 15) is 0 Å². The van der Waals surface area contributed by atoms with Crippen LogP contribution in [-0.2, 0) is 5.41 Å². The van der Waals surface area contributed by atoms with Gasteiger partial charge >= 0.3 is 0 Å². The molecule has 0 bridgehead atoms. The van der Waals surface area contributed by atoms with E-state index < -0.39 is 0 Å². The Bertz CT molecular complexity index is 1220. The van der Waals surface area contributed by atoms with E-state index in [-0.39, 0.29) is 11.2 Å². The van der Waals surface area contributed by atoms with E-state index >= 15 is 4.39 Å². The number of piperidine rings is 1. The third kappa shape index (κ3) is 5.78. The number of halogens is 1. The quantitative estimate of drug-likeness (QED) is 0.207. The molecule has 1 aliphatic carbocycles. The molecule has 3 aromatic rings. The maximum atomic E-state index is 15.7. The molecule has 0 amide bonds. The number of hydrogen-bond donors (Lipinski definition) is 3. The number of thiazole rings is 1. The summed E-state index contributed by atoms with van der Waals surface area (Å²) in [7, 11) is 0. The molecular weight excluding hydrogens is 503 g/mol. The molecule has 1 aliphatic heterocycles. The molecule has 37 heavy (non-hydrogen) atoms. The first-order valence-electron chi connectivity index (χ1n) is 13.3. The average molecular weight is 541 g/mol. The second-order valence-electron chi connectivity index (χ2n) is 11.3. The maximum absolute atomic E-state index is 15.7. The van der Waals surface area contributed by atoms with Gasteiger partial charge in [-0.25, -0.2) is 19.3 Å². The lowest BCUT2D eigenvalue weighted by Gasteiger charge is -2.50. The van der Waals surface area contributed by atoms with Gasteiger partial charge in [-0.05, 0) is 68.8 Å². The SMILES string of the molecule is CCCSNc1cccc(-c2nc(C(C)(C)C)sc2-c2ccnc(NC3CC4(CCNCC4)C3)n2)c1F. The third-order valence-corrected chi connectivity index (χ3v) is 9.74. The number of nitrogens with one attached hydrogen (secondary N) is 3. The minimum absolute atomic E-state index is 0.163. The summed E-state index contributed by atoms with van der Waals surface area (Å²) in [5, 5.41) is 7.98. The van der Waals surface area contributed by atoms with Crippen molar-refractivity contribution in [2.45, 2.75) is 71.3 Å². The van der Waals surface area contributed by atoms with Gasteiger partial charge in [0.05, 0.1) is 27.0 Å². The van der Waals surface area contributed by atoms with Crippen molar-refractivity contribution in [1.29, 1.82) is 0 Å². The van der Waals surface area contributed by atoms with Crippen molar-refractivity contribution in [3.8, 4) is 21.8 Å². The highest BCUT2D eigenvalue weighted by Gasteiger charge is 2.44. The van der Waals surface area contributed by atoms with Crippen molar-refractivity contribution < 1.29 is 4.39 Å². The predicted molar refractivity (Wildman–Crippen MR) is 155 cm³/mol. The Hall–Kier alpha value is -2.23. The van der Waals surface area contributed by atoms with E-state index in [0.717, 1.165) is 40.8 Å². The van der Waals surface area contributed by atoms with Gasteiger partial charge in [-0.3, -0.25) is 0 Å². The number of benzene rings is 1. The summed E-state index contributed by atoms with van der Waals surface area (Å²) in [6.45, 7) is 10.7. The van der Waals surface area contributed by atoms with Crippen molar-refractivity contribution in [2.75, 3.05) is 28.9 Å². The van der Waals surface area contributed by atoms with E-state index in [1.807, 2.05) is 18.2 Å². The van der Waals surface area contributed by atoms with Crippen LogP contribution in [0.5, 0.6) is 0 Å². The van der Waals surface area contributed by atoms with E-state index in [2.05, 4.69) is 48.0 Å². The fraction of sp³-hybridized carbons (Fsp3) is 0.536. The van der Waals surface area contributed by atoms with E-state index in [1.54, 1.807) is 23.6 Å². The first-order valence-corrected chi connectivity index (χ1v) is 15.1. The van der Waals surface area contributed by atoms with Crippen LogP contribution in [0.1, 0.15) is 64.8 Å². The first-order chi connectivity index (χ1) is 17.8. The summed E-state index contributed by atoms with van der Waals surface area (Å²) >= 11 is 3.10. The molecule has 1 aromatic carbocycles. The van der Waals surface area contributed by atoms with Gasteiger partial charge in [-0.1, -0.05) is 45.7 Å². The van der Waals surface area contributed by atoms with Crippen molar-refractivity contribution in [2.24, 2.45) is 5.41 Å². The van der Waals surface area contributed by atoms with Crippen molar-refractivity contribution in [1.82, 2.24) is 20.3 Å². The predicted octanol–water partition coefficient (Wildman–Crippen LogP) is 7.12. The smallest absolute Gasteiger partial charge is 0.223 e. The van der Waals surface area contributed by atoms with E-state index in [0.29, 0.717) is 34.3 Å². The molecule has 3 N–H and O–H groups in total. The Morgan fingerprint density at radius 3 is 2.68 bits per heavy atom. The molecule has 2 aliphatic rings. The number of nitrogens with zero attached hydrogens (tertiary/aromatic N) is 3. The summed E-state index contributed by atoms with van der Waals surface area (Å²) in [4.78, 5) is 15.2. The number of rotatable bonds is 8. The number of aromatic nitrogens is 3. The highest BCUT2D eigenvalue weighted by molar-refractivity contribution is 8.00. The molecule has 5 rings (SSSR count). The largest absolute Gasteiger partial charge is 0.351 e. The highest BCUT2D eigenvalue weighted by atomic mass is 32.2. The van der Waals surface area contributed by atoms with Crippen molar-refractivity contribution in [3.05, 3.63) is 41.3 Å². The molecule has 1 spiro atoms. The molecule has 9 heteroatoms. The van der Waals surface area contributed by atoms with Crippen LogP contribution in [0, 0.1) is 11.2 Å². The van der Waals surface area contributed by atoms with Gasteiger partial charge in [0.1, 0.15) is 0 Å². The minimum atomic E-state index is -0.285. The van der Waals surface area contributed by atoms with Crippen LogP contribution in [0.2, 0.25) is 0 Å². The van der Waals surface area contributed by atoms with Crippen molar-refractivity contribution in [3.63, 3.8) is 0 Å². The van der Waals surface area contributed by atoms with Crippen LogP contribution < -0.4 is 15.4 Å². The first kappa shape index (κ1) is 26.4. The lowest BCUT2D eigenvalue weighted by Crippen LogP contribution is -2.50. The third-order valence-electron chi connectivity index (χ3n) is 7.26. The zero-order chi connectivity index (χ0) is 26.0. The maximum Gasteiger partial charge on any atom is 0.223 e. The second kappa shape index (κ2) is 10.9. The van der Waals surface area contributed by atoms with Gasteiger partial charge in [0.25, 0.3) is 0 Å². The highest BCUT2D eigenvalue weighted by Crippen LogP contribution is 2.49. The molecule has 2 fully saturated rings. The molecule has 1 saturated heterocycles. The van der Waals surface area contributed by atoms with Crippen molar-refractivity contribution >= 4 is 34.9 Å². The summed E-state index contributed by atoms with van der Waals surface area (Å²) in [6, 6.07) is 7.77. The average Bonchev–Trinajstić information content (AvgIpc) is 3.31. The van der Waals surface area contributed by atoms with E-state index in [4.69, 9.17) is 9.97 Å². The lowest BCUT2D eigenvalue weighted by atomic mass is 9.60. The molecular formula is C28H37FN6S2. The van der Waals surface area contributed by atoms with Gasteiger partial charge in [0.15, 0.2) is 5.82 Å². The van der Waals surface area contributed by atoms with Gasteiger partial charge in [0.2, 0.25) is 5.95 Å². The summed E-state index contributed by atoms with van der Waals surface area (Å²) in [5.41, 5.74) is 2.70. The number of hydrogen-bond acceptors (Lipinski definition) is 8. The summed E-state index contributed by atoms with van der Waals surface area (Å²) < 4.78 is 18.9. The zero-order valence-electron chi connectivity index (χ0n) is 22.2. The molecule has 3 heterocycles. The molecule has 1 saturated carbocycles. The summed E-state index contributed by atoms with van der Waals surface area (Å²) in [5.74, 6) is 1.26. The zero-order valence-corrected chi connectivity index (χ0v) is 23.8. The number of anilines is 2. The van der Waals surface area contributed by atoms with Crippen LogP contribution in [0.3, 0.4) is 0 Å². The Labute approximate surface area is 227 Å². The fourth-order valence-corrected chi connectivity index (χ4v) is 6.94.